The van der Waals surface area contributed by atoms with Crippen LogP contribution in [0.1, 0.15) is 5.56 Å². The van der Waals surface area contributed by atoms with Crippen molar-refractivity contribution in [1.82, 2.24) is 4.72 Å². The molecule has 0 saturated carbocycles. The van der Waals surface area contributed by atoms with Gasteiger partial charge < -0.3 is 0 Å². The van der Waals surface area contributed by atoms with Crippen LogP contribution in [0.25, 0.3) is 0 Å². The number of sulfonamides is 1. The molecular weight excluding hydrogens is 234 g/mol. The van der Waals surface area contributed by atoms with Crippen molar-refractivity contribution in [3.8, 4) is 12.3 Å². The van der Waals surface area contributed by atoms with Crippen molar-refractivity contribution >= 4 is 21.6 Å². The first kappa shape index (κ1) is 12.1. The van der Waals surface area contributed by atoms with Gasteiger partial charge in [0.15, 0.2) is 0 Å². The highest BCUT2D eigenvalue weighted by Crippen LogP contribution is 2.21. The molecule has 1 N–H and O–H groups in total. The van der Waals surface area contributed by atoms with E-state index in [-0.39, 0.29) is 16.5 Å². The fourth-order valence-electron chi connectivity index (χ4n) is 1.04. The number of hydrogen-bond acceptors (Lipinski definition) is 2. The highest BCUT2D eigenvalue weighted by molar-refractivity contribution is 7.89. The Morgan fingerprint density at radius 2 is 2.20 bits per heavy atom. The molecule has 0 aliphatic heterocycles. The van der Waals surface area contributed by atoms with Crippen LogP contribution in [-0.4, -0.2) is 15.0 Å². The van der Waals surface area contributed by atoms with Crippen LogP contribution < -0.4 is 4.72 Å². The molecule has 0 bridgehead atoms. The molecule has 0 saturated heterocycles. The molecule has 1 aromatic carbocycles. The Bertz CT molecular complexity index is 503. The standard InChI is InChI=1S/C10H10ClNO2S/c1-3-6-12-15(13,14)10-5-4-8(2)7-9(10)11/h1,4-5,7,12H,6H2,2H3. The van der Waals surface area contributed by atoms with Crippen LogP contribution in [0.2, 0.25) is 5.02 Å². The van der Waals surface area contributed by atoms with E-state index in [1.807, 2.05) is 6.92 Å². The van der Waals surface area contributed by atoms with Crippen molar-refractivity contribution < 1.29 is 8.42 Å². The van der Waals surface area contributed by atoms with E-state index < -0.39 is 10.0 Å². The van der Waals surface area contributed by atoms with Crippen LogP contribution in [0.3, 0.4) is 0 Å². The lowest BCUT2D eigenvalue weighted by Gasteiger charge is -2.06. The number of nitrogens with one attached hydrogen (secondary N) is 1. The van der Waals surface area contributed by atoms with E-state index in [0.29, 0.717) is 0 Å². The van der Waals surface area contributed by atoms with Crippen molar-refractivity contribution in [3.63, 3.8) is 0 Å². The summed E-state index contributed by atoms with van der Waals surface area (Å²) < 4.78 is 25.5. The van der Waals surface area contributed by atoms with Crippen LogP contribution in [0.5, 0.6) is 0 Å². The third kappa shape index (κ3) is 2.96. The maximum Gasteiger partial charge on any atom is 0.242 e. The molecule has 1 rings (SSSR count). The van der Waals surface area contributed by atoms with Gasteiger partial charge in [-0.3, -0.25) is 0 Å². The first-order valence-corrected chi connectivity index (χ1v) is 6.03. The molecular formula is C10H10ClNO2S. The van der Waals surface area contributed by atoms with E-state index in [2.05, 4.69) is 10.6 Å². The van der Waals surface area contributed by atoms with Gasteiger partial charge in [0.25, 0.3) is 0 Å². The predicted octanol–water partition coefficient (Wildman–Crippen LogP) is 1.56. The van der Waals surface area contributed by atoms with Gasteiger partial charge in [0.1, 0.15) is 4.90 Å². The van der Waals surface area contributed by atoms with Gasteiger partial charge in [0.2, 0.25) is 10.0 Å². The minimum Gasteiger partial charge on any atom is -0.207 e. The average molecular weight is 244 g/mol. The Morgan fingerprint density at radius 1 is 1.53 bits per heavy atom. The van der Waals surface area contributed by atoms with E-state index >= 15 is 0 Å². The zero-order valence-corrected chi connectivity index (χ0v) is 9.69. The van der Waals surface area contributed by atoms with Gasteiger partial charge in [-0.05, 0) is 24.6 Å². The van der Waals surface area contributed by atoms with E-state index in [0.717, 1.165) is 5.56 Å². The van der Waals surface area contributed by atoms with Crippen LogP contribution in [0.4, 0.5) is 0 Å². The molecule has 0 heterocycles. The fourth-order valence-corrected chi connectivity index (χ4v) is 2.57. The molecule has 80 valence electrons. The lowest BCUT2D eigenvalue weighted by Crippen LogP contribution is -2.24. The Hall–Kier alpha value is -1.02. The van der Waals surface area contributed by atoms with Crippen molar-refractivity contribution in [2.24, 2.45) is 0 Å². The van der Waals surface area contributed by atoms with Crippen molar-refractivity contribution in [2.45, 2.75) is 11.8 Å². The number of aryl methyl sites for hydroxylation is 1. The average Bonchev–Trinajstić information content (AvgIpc) is 2.14. The van der Waals surface area contributed by atoms with Gasteiger partial charge in [-0.1, -0.05) is 23.6 Å². The number of rotatable bonds is 3. The summed E-state index contributed by atoms with van der Waals surface area (Å²) in [7, 11) is -3.59. The van der Waals surface area contributed by atoms with Gasteiger partial charge in [-0.25, -0.2) is 8.42 Å². The quantitative estimate of drug-likeness (QED) is 0.819. The SMILES string of the molecule is C#CCNS(=O)(=O)c1ccc(C)cc1Cl. The van der Waals surface area contributed by atoms with Gasteiger partial charge in [0, 0.05) is 0 Å². The molecule has 5 heteroatoms. The minimum absolute atomic E-state index is 0.0463. The summed E-state index contributed by atoms with van der Waals surface area (Å²) in [6.45, 7) is 1.78. The highest BCUT2D eigenvalue weighted by atomic mass is 35.5. The van der Waals surface area contributed by atoms with Gasteiger partial charge in [-0.15, -0.1) is 6.42 Å². The monoisotopic (exact) mass is 243 g/mol. The summed E-state index contributed by atoms with van der Waals surface area (Å²) in [6, 6.07) is 4.72. The molecule has 0 atom stereocenters. The van der Waals surface area contributed by atoms with Gasteiger partial charge in [0.05, 0.1) is 11.6 Å². The minimum atomic E-state index is -3.59. The van der Waals surface area contributed by atoms with E-state index in [1.165, 1.54) is 6.07 Å². The second kappa shape index (κ2) is 4.67. The molecule has 0 aliphatic carbocycles. The lowest BCUT2D eigenvalue weighted by atomic mass is 10.2. The molecule has 0 fully saturated rings. The van der Waals surface area contributed by atoms with Gasteiger partial charge in [-0.2, -0.15) is 4.72 Å². The smallest absolute Gasteiger partial charge is 0.207 e. The van der Waals surface area contributed by atoms with Crippen LogP contribution in [0.15, 0.2) is 23.1 Å². The molecule has 0 aromatic heterocycles. The van der Waals surface area contributed by atoms with E-state index in [9.17, 15) is 8.42 Å². The first-order chi connectivity index (χ1) is 6.97. The Morgan fingerprint density at radius 3 is 2.73 bits per heavy atom. The summed E-state index contributed by atoms with van der Waals surface area (Å²) in [4.78, 5) is 0.0463. The lowest BCUT2D eigenvalue weighted by molar-refractivity contribution is 0.586. The maximum atomic E-state index is 11.6. The van der Waals surface area contributed by atoms with Crippen LogP contribution in [-0.2, 0) is 10.0 Å². The third-order valence-corrected chi connectivity index (χ3v) is 3.63. The topological polar surface area (TPSA) is 46.2 Å². The summed E-state index contributed by atoms with van der Waals surface area (Å²) in [5, 5.41) is 0.194. The number of hydrogen-bond donors (Lipinski definition) is 1. The summed E-state index contributed by atoms with van der Waals surface area (Å²) in [5.41, 5.74) is 0.899. The summed E-state index contributed by atoms with van der Waals surface area (Å²) in [6.07, 6.45) is 4.97. The van der Waals surface area contributed by atoms with Crippen molar-refractivity contribution in [3.05, 3.63) is 28.8 Å². The first-order valence-electron chi connectivity index (χ1n) is 4.16. The van der Waals surface area contributed by atoms with Crippen LogP contribution in [0, 0.1) is 19.3 Å². The normalized spacial score (nSPS) is 11.0. The summed E-state index contributed by atoms with van der Waals surface area (Å²) >= 11 is 5.82. The zero-order valence-electron chi connectivity index (χ0n) is 8.12. The second-order valence-electron chi connectivity index (χ2n) is 2.96. The Kier molecular flexibility index (Phi) is 3.75. The molecule has 0 radical (unpaired) electrons. The van der Waals surface area contributed by atoms with Crippen molar-refractivity contribution in [2.75, 3.05) is 6.54 Å². The second-order valence-corrected chi connectivity index (χ2v) is 5.11. The zero-order chi connectivity index (χ0) is 11.5. The fraction of sp³-hybridized carbons (Fsp3) is 0.200. The Balaban J connectivity index is 3.12. The molecule has 3 nitrogen and oxygen atoms in total. The van der Waals surface area contributed by atoms with E-state index in [4.69, 9.17) is 18.0 Å². The van der Waals surface area contributed by atoms with Gasteiger partial charge >= 0.3 is 0 Å². The maximum absolute atomic E-state index is 11.6. The molecule has 0 aliphatic rings. The van der Waals surface area contributed by atoms with Crippen molar-refractivity contribution in [1.29, 1.82) is 0 Å². The highest BCUT2D eigenvalue weighted by Gasteiger charge is 2.16. The molecule has 15 heavy (non-hydrogen) atoms. The number of terminal acetylenes is 1. The molecule has 0 unspecified atom stereocenters. The van der Waals surface area contributed by atoms with E-state index in [1.54, 1.807) is 12.1 Å². The third-order valence-electron chi connectivity index (χ3n) is 1.74. The largest absolute Gasteiger partial charge is 0.242 e. The number of benzene rings is 1. The molecule has 0 spiro atoms. The Labute approximate surface area is 94.5 Å². The molecule has 1 aromatic rings. The summed E-state index contributed by atoms with van der Waals surface area (Å²) in [5.74, 6) is 2.19. The van der Waals surface area contributed by atoms with Crippen LogP contribution >= 0.6 is 11.6 Å². The number of halogens is 1. The predicted molar refractivity (Wildman–Crippen MR) is 60.2 cm³/mol. The molecule has 0 amide bonds.